The maximum absolute atomic E-state index is 6.34. The lowest BCUT2D eigenvalue weighted by molar-refractivity contribution is 0.184. The van der Waals surface area contributed by atoms with Gasteiger partial charge in [-0.1, -0.05) is 24.3 Å². The van der Waals surface area contributed by atoms with Gasteiger partial charge in [0.15, 0.2) is 0 Å². The molecule has 0 radical (unpaired) electrons. The molecule has 0 atom stereocenters. The van der Waals surface area contributed by atoms with Gasteiger partial charge in [0.1, 0.15) is 11.5 Å². The Morgan fingerprint density at radius 3 is 1.22 bits per heavy atom. The van der Waals surface area contributed by atoms with Crippen LogP contribution in [0.1, 0.15) is 11.1 Å². The fourth-order valence-electron chi connectivity index (χ4n) is 2.61. The summed E-state index contributed by atoms with van der Waals surface area (Å²) >= 11 is 0. The van der Waals surface area contributed by atoms with Crippen molar-refractivity contribution in [1.29, 1.82) is 0 Å². The third kappa shape index (κ3) is 7.47. The topological polar surface area (TPSA) is 46.2 Å². The van der Waals surface area contributed by atoms with Gasteiger partial charge in [-0.05, 0) is 61.6 Å². The van der Waals surface area contributed by atoms with Gasteiger partial charge >= 0.3 is 17.1 Å². The summed E-state index contributed by atoms with van der Waals surface area (Å²) in [6.07, 6.45) is 0. The summed E-state index contributed by atoms with van der Waals surface area (Å²) in [5.74, 6) is 1.68. The number of hydrogen-bond donors (Lipinski definition) is 0. The van der Waals surface area contributed by atoms with Gasteiger partial charge in [0.25, 0.3) is 0 Å². The summed E-state index contributed by atoms with van der Waals surface area (Å²) in [6, 6.07) is 15.8. The SMILES string of the molecule is COc1ccc(CO[Si](C)(C)O[Si](C)(C)OCc2ccc(OC)cc2)cc1. The molecule has 2 aromatic rings. The molecule has 27 heavy (non-hydrogen) atoms. The Morgan fingerprint density at radius 1 is 0.593 bits per heavy atom. The van der Waals surface area contributed by atoms with Crippen LogP contribution >= 0.6 is 0 Å². The molecule has 148 valence electrons. The van der Waals surface area contributed by atoms with E-state index in [4.69, 9.17) is 22.4 Å². The first-order chi connectivity index (χ1) is 12.7. The standard InChI is InChI=1S/C20H30O5Si2/c1-21-19-11-7-17(8-12-19)15-23-26(3,4)25-27(5,6)24-16-18-9-13-20(22-2)14-10-18/h7-14H,15-16H2,1-6H3. The number of benzene rings is 2. The lowest BCUT2D eigenvalue weighted by Crippen LogP contribution is -2.48. The van der Waals surface area contributed by atoms with E-state index in [0.717, 1.165) is 22.6 Å². The Morgan fingerprint density at radius 2 is 0.926 bits per heavy atom. The van der Waals surface area contributed by atoms with E-state index in [2.05, 4.69) is 26.2 Å². The van der Waals surface area contributed by atoms with Crippen LogP contribution in [0.2, 0.25) is 26.2 Å². The van der Waals surface area contributed by atoms with E-state index in [0.29, 0.717) is 13.2 Å². The van der Waals surface area contributed by atoms with Gasteiger partial charge in [-0.3, -0.25) is 0 Å². The van der Waals surface area contributed by atoms with Gasteiger partial charge in [0.2, 0.25) is 0 Å². The number of hydrogen-bond acceptors (Lipinski definition) is 5. The molecule has 0 aromatic heterocycles. The van der Waals surface area contributed by atoms with E-state index >= 15 is 0 Å². The Kier molecular flexibility index (Phi) is 7.63. The Labute approximate surface area is 164 Å². The third-order valence-electron chi connectivity index (χ3n) is 3.98. The Hall–Kier alpha value is -1.65. The van der Waals surface area contributed by atoms with Crippen molar-refractivity contribution in [3.63, 3.8) is 0 Å². The van der Waals surface area contributed by atoms with Gasteiger partial charge < -0.3 is 22.4 Å². The maximum atomic E-state index is 6.34. The smallest absolute Gasteiger partial charge is 0.323 e. The second-order valence-electron chi connectivity index (χ2n) is 7.18. The van der Waals surface area contributed by atoms with Gasteiger partial charge in [-0.2, -0.15) is 0 Å². The quantitative estimate of drug-likeness (QED) is 0.527. The van der Waals surface area contributed by atoms with Crippen molar-refractivity contribution >= 4 is 17.1 Å². The average molecular weight is 407 g/mol. The molecule has 0 aliphatic carbocycles. The average Bonchev–Trinajstić information content (AvgIpc) is 2.65. The minimum Gasteiger partial charge on any atom is -0.497 e. The summed E-state index contributed by atoms with van der Waals surface area (Å²) in [5, 5.41) is 0. The lowest BCUT2D eigenvalue weighted by Gasteiger charge is -2.32. The number of ether oxygens (including phenoxy) is 2. The van der Waals surface area contributed by atoms with E-state index in [1.165, 1.54) is 0 Å². The number of methoxy groups -OCH3 is 2. The van der Waals surface area contributed by atoms with E-state index in [9.17, 15) is 0 Å². The van der Waals surface area contributed by atoms with Crippen molar-refractivity contribution in [2.75, 3.05) is 14.2 Å². The Balaban J connectivity index is 1.85. The van der Waals surface area contributed by atoms with Crippen molar-refractivity contribution < 1.29 is 22.4 Å². The van der Waals surface area contributed by atoms with Gasteiger partial charge in [-0.25, -0.2) is 0 Å². The zero-order chi connectivity index (χ0) is 19.9. The number of rotatable bonds is 10. The van der Waals surface area contributed by atoms with Crippen LogP contribution in [0.15, 0.2) is 48.5 Å². The molecule has 0 bridgehead atoms. The first-order valence-electron chi connectivity index (χ1n) is 8.97. The van der Waals surface area contributed by atoms with Crippen molar-refractivity contribution in [1.82, 2.24) is 0 Å². The summed E-state index contributed by atoms with van der Waals surface area (Å²) in [7, 11) is -1.30. The molecule has 5 nitrogen and oxygen atoms in total. The molecule has 2 rings (SSSR count). The predicted molar refractivity (Wildman–Crippen MR) is 112 cm³/mol. The minimum atomic E-state index is -2.31. The molecule has 7 heteroatoms. The molecule has 0 aliphatic heterocycles. The normalized spacial score (nSPS) is 12.1. The van der Waals surface area contributed by atoms with Crippen molar-refractivity contribution in [3.8, 4) is 11.5 Å². The van der Waals surface area contributed by atoms with E-state index < -0.39 is 17.1 Å². The molecule has 0 N–H and O–H groups in total. The second kappa shape index (κ2) is 9.52. The minimum absolute atomic E-state index is 0.520. The van der Waals surface area contributed by atoms with Crippen LogP contribution in [-0.2, 0) is 26.2 Å². The molecule has 0 fully saturated rings. The van der Waals surface area contributed by atoms with Crippen LogP contribution in [0.4, 0.5) is 0 Å². The van der Waals surface area contributed by atoms with E-state index in [-0.39, 0.29) is 0 Å². The van der Waals surface area contributed by atoms with Crippen LogP contribution in [-0.4, -0.2) is 31.3 Å². The first-order valence-corrected chi connectivity index (χ1v) is 14.6. The molecular weight excluding hydrogens is 376 g/mol. The van der Waals surface area contributed by atoms with E-state index in [1.807, 2.05) is 48.5 Å². The molecule has 0 spiro atoms. The molecule has 0 unspecified atom stereocenters. The van der Waals surface area contributed by atoms with Crippen LogP contribution in [0.25, 0.3) is 0 Å². The van der Waals surface area contributed by atoms with Crippen LogP contribution in [0.3, 0.4) is 0 Å². The van der Waals surface area contributed by atoms with E-state index in [1.54, 1.807) is 14.2 Å². The fraction of sp³-hybridized carbons (Fsp3) is 0.400. The van der Waals surface area contributed by atoms with Gasteiger partial charge in [0.05, 0.1) is 27.4 Å². The highest BCUT2D eigenvalue weighted by molar-refractivity contribution is 6.78. The maximum Gasteiger partial charge on any atom is 0.323 e. The molecule has 0 amide bonds. The highest BCUT2D eigenvalue weighted by atomic mass is 28.5. The zero-order valence-electron chi connectivity index (χ0n) is 17.1. The molecule has 0 saturated carbocycles. The van der Waals surface area contributed by atoms with Crippen LogP contribution in [0.5, 0.6) is 11.5 Å². The van der Waals surface area contributed by atoms with Crippen LogP contribution in [0, 0.1) is 0 Å². The summed E-state index contributed by atoms with van der Waals surface area (Å²) in [6.45, 7) is 9.27. The summed E-state index contributed by atoms with van der Waals surface area (Å²) < 4.78 is 28.9. The molecule has 0 saturated heterocycles. The zero-order valence-corrected chi connectivity index (χ0v) is 19.1. The fourth-order valence-corrected chi connectivity index (χ4v) is 8.84. The third-order valence-corrected chi connectivity index (χ3v) is 9.59. The largest absolute Gasteiger partial charge is 0.497 e. The van der Waals surface area contributed by atoms with Gasteiger partial charge in [0, 0.05) is 0 Å². The molecule has 0 heterocycles. The van der Waals surface area contributed by atoms with Crippen molar-refractivity contribution in [2.45, 2.75) is 39.4 Å². The van der Waals surface area contributed by atoms with Crippen molar-refractivity contribution in [3.05, 3.63) is 59.7 Å². The summed E-state index contributed by atoms with van der Waals surface area (Å²) in [4.78, 5) is 0. The Bertz CT molecular complexity index is 638. The summed E-state index contributed by atoms with van der Waals surface area (Å²) in [5.41, 5.74) is 2.19. The molecular formula is C20H30O5Si2. The highest BCUT2D eigenvalue weighted by Gasteiger charge is 2.36. The van der Waals surface area contributed by atoms with Gasteiger partial charge in [-0.15, -0.1) is 0 Å². The lowest BCUT2D eigenvalue weighted by atomic mass is 10.2. The predicted octanol–water partition coefficient (Wildman–Crippen LogP) is 4.86. The van der Waals surface area contributed by atoms with Crippen LogP contribution < -0.4 is 9.47 Å². The highest BCUT2D eigenvalue weighted by Crippen LogP contribution is 2.21. The first kappa shape index (κ1) is 21.7. The monoisotopic (exact) mass is 406 g/mol. The molecule has 0 aliphatic rings. The molecule has 2 aromatic carbocycles. The van der Waals surface area contributed by atoms with Crippen molar-refractivity contribution in [2.24, 2.45) is 0 Å². The second-order valence-corrected chi connectivity index (χ2v) is 14.2.